The van der Waals surface area contributed by atoms with Gasteiger partial charge in [-0.25, -0.2) is 0 Å². The molecule has 0 saturated heterocycles. The van der Waals surface area contributed by atoms with E-state index in [9.17, 15) is 4.79 Å². The van der Waals surface area contributed by atoms with E-state index in [1.165, 1.54) is 0 Å². The molecular formula is C8H17NO2S. The van der Waals surface area contributed by atoms with Crippen LogP contribution in [-0.2, 0) is 4.79 Å². The number of carboxylic acid groups (broad SMARTS) is 1. The van der Waals surface area contributed by atoms with E-state index in [1.54, 1.807) is 11.8 Å². The molecule has 72 valence electrons. The molecule has 0 aromatic carbocycles. The number of thioether (sulfide) groups is 1. The first-order valence-corrected chi connectivity index (χ1v) is 5.26. The maximum absolute atomic E-state index is 10.4. The highest BCUT2D eigenvalue weighted by molar-refractivity contribution is 7.99. The molecule has 0 heterocycles. The Labute approximate surface area is 77.7 Å². The highest BCUT2D eigenvalue weighted by Crippen LogP contribution is 2.17. The molecule has 12 heavy (non-hydrogen) atoms. The lowest BCUT2D eigenvalue weighted by molar-refractivity contribution is -0.137. The molecule has 0 saturated carbocycles. The lowest BCUT2D eigenvalue weighted by atomic mass is 10.3. The minimum atomic E-state index is -0.909. The number of carboxylic acids is 1. The van der Waals surface area contributed by atoms with Crippen LogP contribution in [0.3, 0.4) is 0 Å². The van der Waals surface area contributed by atoms with E-state index in [0.29, 0.717) is 11.0 Å². The van der Waals surface area contributed by atoms with Crippen LogP contribution >= 0.6 is 11.8 Å². The molecule has 0 aliphatic carbocycles. The van der Waals surface area contributed by atoms with Crippen molar-refractivity contribution in [3.63, 3.8) is 0 Å². The van der Waals surface area contributed by atoms with Gasteiger partial charge in [0.05, 0.1) is 0 Å². The summed E-state index contributed by atoms with van der Waals surface area (Å²) >= 11 is 1.65. The smallest absolute Gasteiger partial charge is 0.321 e. The Morgan fingerprint density at radius 1 is 1.50 bits per heavy atom. The number of nitrogens with two attached hydrogens (primary N) is 1. The number of carbonyl (C=O) groups is 1. The van der Waals surface area contributed by atoms with Gasteiger partial charge in [-0.2, -0.15) is 11.8 Å². The molecular weight excluding hydrogens is 174 g/mol. The molecule has 0 aliphatic rings. The second-order valence-electron chi connectivity index (χ2n) is 2.72. The second-order valence-corrected chi connectivity index (χ2v) is 4.05. The number of rotatable bonds is 6. The summed E-state index contributed by atoms with van der Waals surface area (Å²) in [5.74, 6) is -0.393. The lowest BCUT2D eigenvalue weighted by Crippen LogP contribution is -2.33. The van der Waals surface area contributed by atoms with Gasteiger partial charge >= 0.3 is 5.97 Å². The molecule has 4 heteroatoms. The van der Waals surface area contributed by atoms with Crippen LogP contribution in [0.25, 0.3) is 0 Å². The minimum absolute atomic E-state index is 0.516. The molecule has 0 aliphatic heterocycles. The average molecular weight is 191 g/mol. The number of aliphatic carboxylic acids is 1. The first-order chi connectivity index (χ1) is 5.61. The van der Waals surface area contributed by atoms with Gasteiger partial charge in [-0.15, -0.1) is 0 Å². The van der Waals surface area contributed by atoms with Crippen LogP contribution in [0.15, 0.2) is 0 Å². The summed E-state index contributed by atoms with van der Waals surface area (Å²) in [6.07, 6.45) is 2.15. The zero-order valence-corrected chi connectivity index (χ0v) is 8.43. The maximum atomic E-state index is 10.4. The largest absolute Gasteiger partial charge is 0.480 e. The van der Waals surface area contributed by atoms with E-state index in [-0.39, 0.29) is 0 Å². The first kappa shape index (κ1) is 11.8. The van der Waals surface area contributed by atoms with Crippen molar-refractivity contribution in [3.8, 4) is 0 Å². The summed E-state index contributed by atoms with van der Waals surface area (Å²) in [5.41, 5.74) is 5.35. The van der Waals surface area contributed by atoms with E-state index in [2.05, 4.69) is 13.8 Å². The monoisotopic (exact) mass is 191 g/mol. The molecule has 0 spiro atoms. The van der Waals surface area contributed by atoms with Crippen LogP contribution in [0.5, 0.6) is 0 Å². The van der Waals surface area contributed by atoms with Gasteiger partial charge < -0.3 is 10.8 Å². The Kier molecular flexibility index (Phi) is 6.20. The van der Waals surface area contributed by atoms with E-state index in [4.69, 9.17) is 10.8 Å². The fourth-order valence-electron chi connectivity index (χ4n) is 0.835. The number of hydrogen-bond acceptors (Lipinski definition) is 3. The SMILES string of the molecule is CCC(CC)SC[C@H](N)C(=O)O. The third kappa shape index (κ3) is 4.62. The molecule has 0 rings (SSSR count). The lowest BCUT2D eigenvalue weighted by Gasteiger charge is -2.13. The fourth-order valence-corrected chi connectivity index (χ4v) is 1.93. The van der Waals surface area contributed by atoms with Crippen molar-refractivity contribution in [3.05, 3.63) is 0 Å². The summed E-state index contributed by atoms with van der Waals surface area (Å²) in [6.45, 7) is 4.21. The summed E-state index contributed by atoms with van der Waals surface area (Å²) in [4.78, 5) is 10.4. The van der Waals surface area contributed by atoms with E-state index < -0.39 is 12.0 Å². The summed E-state index contributed by atoms with van der Waals surface area (Å²) in [7, 11) is 0. The molecule has 0 aromatic heterocycles. The van der Waals surface area contributed by atoms with E-state index in [1.807, 2.05) is 0 Å². The van der Waals surface area contributed by atoms with Crippen molar-refractivity contribution >= 4 is 17.7 Å². The fraction of sp³-hybridized carbons (Fsp3) is 0.875. The minimum Gasteiger partial charge on any atom is -0.480 e. The molecule has 0 radical (unpaired) electrons. The molecule has 3 nitrogen and oxygen atoms in total. The zero-order valence-electron chi connectivity index (χ0n) is 7.62. The van der Waals surface area contributed by atoms with Gasteiger partial charge in [0, 0.05) is 11.0 Å². The van der Waals surface area contributed by atoms with Crippen LogP contribution in [-0.4, -0.2) is 28.1 Å². The first-order valence-electron chi connectivity index (χ1n) is 4.21. The zero-order chi connectivity index (χ0) is 9.56. The van der Waals surface area contributed by atoms with Crippen molar-refractivity contribution in [2.24, 2.45) is 5.73 Å². The summed E-state index contributed by atoms with van der Waals surface area (Å²) < 4.78 is 0. The average Bonchev–Trinajstić information content (AvgIpc) is 2.05. The number of hydrogen-bond donors (Lipinski definition) is 2. The quantitative estimate of drug-likeness (QED) is 0.664. The van der Waals surface area contributed by atoms with Crippen LogP contribution in [0.2, 0.25) is 0 Å². The van der Waals surface area contributed by atoms with Gasteiger partial charge in [-0.1, -0.05) is 13.8 Å². The Hall–Kier alpha value is -0.220. The maximum Gasteiger partial charge on any atom is 0.321 e. The topological polar surface area (TPSA) is 63.3 Å². The third-order valence-electron chi connectivity index (χ3n) is 1.74. The summed E-state index contributed by atoms with van der Waals surface area (Å²) in [6, 6.07) is -0.712. The van der Waals surface area contributed by atoms with Gasteiger partial charge in [-0.05, 0) is 12.8 Å². The predicted molar refractivity (Wildman–Crippen MR) is 52.4 cm³/mol. The second kappa shape index (κ2) is 6.31. The van der Waals surface area contributed by atoms with Gasteiger partial charge in [0.2, 0.25) is 0 Å². The Morgan fingerprint density at radius 3 is 2.33 bits per heavy atom. The molecule has 1 atom stereocenters. The normalized spacial score (nSPS) is 13.3. The van der Waals surface area contributed by atoms with Crippen molar-refractivity contribution in [1.29, 1.82) is 0 Å². The molecule has 0 fully saturated rings. The Morgan fingerprint density at radius 2 is 2.00 bits per heavy atom. The van der Waals surface area contributed by atoms with Crippen molar-refractivity contribution in [2.75, 3.05) is 5.75 Å². The predicted octanol–water partition coefficient (Wildman–Crippen LogP) is 1.32. The van der Waals surface area contributed by atoms with Gasteiger partial charge in [0.25, 0.3) is 0 Å². The van der Waals surface area contributed by atoms with Crippen molar-refractivity contribution in [2.45, 2.75) is 38.0 Å². The molecule has 0 bridgehead atoms. The molecule has 0 amide bonds. The van der Waals surface area contributed by atoms with E-state index >= 15 is 0 Å². The highest BCUT2D eigenvalue weighted by atomic mass is 32.2. The van der Waals surface area contributed by atoms with E-state index in [0.717, 1.165) is 12.8 Å². The molecule has 0 aromatic rings. The van der Waals surface area contributed by atoms with Crippen LogP contribution in [0.4, 0.5) is 0 Å². The third-order valence-corrected chi connectivity index (χ3v) is 3.43. The molecule has 0 unspecified atom stereocenters. The summed E-state index contributed by atoms with van der Waals surface area (Å²) in [5, 5.41) is 9.05. The van der Waals surface area contributed by atoms with Crippen LogP contribution in [0, 0.1) is 0 Å². The highest BCUT2D eigenvalue weighted by Gasteiger charge is 2.13. The van der Waals surface area contributed by atoms with Gasteiger partial charge in [-0.3, -0.25) is 4.79 Å². The Bertz CT molecular complexity index is 137. The van der Waals surface area contributed by atoms with Gasteiger partial charge in [0.1, 0.15) is 6.04 Å². The van der Waals surface area contributed by atoms with Crippen molar-refractivity contribution < 1.29 is 9.90 Å². The molecule has 3 N–H and O–H groups in total. The Balaban J connectivity index is 3.58. The van der Waals surface area contributed by atoms with Crippen LogP contribution < -0.4 is 5.73 Å². The van der Waals surface area contributed by atoms with Crippen LogP contribution in [0.1, 0.15) is 26.7 Å². The van der Waals surface area contributed by atoms with Gasteiger partial charge in [0.15, 0.2) is 0 Å². The van der Waals surface area contributed by atoms with Crippen molar-refractivity contribution in [1.82, 2.24) is 0 Å². The standard InChI is InChI=1S/C8H17NO2S/c1-3-6(4-2)12-5-7(9)8(10)11/h6-7H,3-5,9H2,1-2H3,(H,10,11)/t7-/m0/s1.